The normalized spacial score (nSPS) is 27.2. The molecule has 32 heteroatoms. The molecule has 32 nitrogen and oxygen atoms in total. The zero-order valence-electron chi connectivity index (χ0n) is 70.6. The summed E-state index contributed by atoms with van der Waals surface area (Å²) in [6.07, 6.45) is 1.04. The number of rotatable bonds is 8. The molecule has 0 amide bonds. The monoisotopic (exact) mass is 1660 g/mol. The van der Waals surface area contributed by atoms with Crippen molar-refractivity contribution in [3.05, 3.63) is 82.9 Å². The average molecular weight is 1660 g/mol. The van der Waals surface area contributed by atoms with Crippen molar-refractivity contribution in [3.8, 4) is 23.0 Å². The first-order valence-corrected chi connectivity index (χ1v) is 43.4. The number of nitrogens with zero attached hydrogens (tertiary/aromatic N) is 9. The summed E-state index contributed by atoms with van der Waals surface area (Å²) in [6.45, 7) is 44.6. The van der Waals surface area contributed by atoms with Gasteiger partial charge in [-0.1, -0.05) is 36.4 Å². The van der Waals surface area contributed by atoms with Gasteiger partial charge in [0.15, 0.2) is 23.0 Å². The van der Waals surface area contributed by atoms with Crippen molar-refractivity contribution in [2.75, 3.05) is 408 Å². The molecule has 8 heterocycles. The lowest BCUT2D eigenvalue weighted by Crippen LogP contribution is -2.42. The molecule has 117 heavy (non-hydrogen) atoms. The minimum atomic E-state index is -0.268. The molecule has 7 unspecified atom stereocenters. The third-order valence-corrected chi connectivity index (χ3v) is 21.1. The second kappa shape index (κ2) is 65.4. The number of hydrogen-bond acceptors (Lipinski definition) is 32. The van der Waals surface area contributed by atoms with Gasteiger partial charge in [0.25, 0.3) is 0 Å². The highest BCUT2D eigenvalue weighted by Crippen LogP contribution is 2.30. The Labute approximate surface area is 697 Å². The maximum absolute atomic E-state index is 9.46. The molecule has 0 radical (unpaired) electrons. The topological polar surface area (TPSA) is 285 Å². The van der Waals surface area contributed by atoms with Crippen LogP contribution < -0.4 is 18.9 Å². The Morgan fingerprint density at radius 1 is 0.231 bits per heavy atom. The Balaban J connectivity index is 0.000000196. The number of fused-ring (bicyclic) bond motifs is 26. The number of ether oxygens (including phenoxy) is 19. The molecule has 11 rings (SSSR count). The van der Waals surface area contributed by atoms with E-state index in [-0.39, 0.29) is 32.5 Å². The van der Waals surface area contributed by atoms with Gasteiger partial charge in [-0.15, -0.1) is 0 Å². The van der Waals surface area contributed by atoms with Crippen LogP contribution in [-0.2, 0) is 97.0 Å². The fourth-order valence-electron chi connectivity index (χ4n) is 13.7. The van der Waals surface area contributed by atoms with Crippen LogP contribution in [0.15, 0.2) is 60.7 Å². The molecule has 0 aromatic heterocycles. The molecular weight excluding hydrogens is 1510 g/mol. The van der Waals surface area contributed by atoms with Crippen LogP contribution in [0, 0.1) is 0 Å². The quantitative estimate of drug-likeness (QED) is 0.229. The molecule has 7 atom stereocenters. The fraction of sp³-hybridized carbons (Fsp3) is 0.788. The molecule has 8 bridgehead atoms. The number of benzene rings is 3. The maximum atomic E-state index is 9.46. The summed E-state index contributed by atoms with van der Waals surface area (Å²) in [7, 11) is 0. The summed E-state index contributed by atoms with van der Waals surface area (Å²) >= 11 is 0. The first-order chi connectivity index (χ1) is 57.9. The predicted molar refractivity (Wildman–Crippen MR) is 444 cm³/mol. The van der Waals surface area contributed by atoms with Crippen LogP contribution in [0.3, 0.4) is 0 Å². The highest BCUT2D eigenvalue weighted by atomic mass is 16.6. The van der Waals surface area contributed by atoms with Gasteiger partial charge >= 0.3 is 0 Å². The zero-order chi connectivity index (χ0) is 81.6. The molecule has 3 aromatic carbocycles. The lowest BCUT2D eigenvalue weighted by atomic mass is 10.1. The van der Waals surface area contributed by atoms with E-state index in [1.54, 1.807) is 0 Å². The predicted octanol–water partition coefficient (Wildman–Crippen LogP) is 1.06. The smallest absolute Gasteiger partial charge is 0.161 e. The number of aliphatic hydroxyl groups excluding tert-OH is 4. The zero-order valence-corrected chi connectivity index (χ0v) is 70.6. The Bertz CT molecular complexity index is 2820. The van der Waals surface area contributed by atoms with Crippen molar-refractivity contribution in [3.63, 3.8) is 0 Å². The molecule has 0 spiro atoms. The van der Waals surface area contributed by atoms with Crippen LogP contribution >= 0.6 is 0 Å². The molecule has 4 N–H and O–H groups in total. The summed E-state index contributed by atoms with van der Waals surface area (Å²) in [5.74, 6) is 2.87. The lowest BCUT2D eigenvalue weighted by Gasteiger charge is -2.30. The van der Waals surface area contributed by atoms with E-state index >= 15 is 0 Å². The molecule has 0 saturated carbocycles. The molecule has 8 aliphatic rings. The van der Waals surface area contributed by atoms with Gasteiger partial charge < -0.3 is 110 Å². The Morgan fingerprint density at radius 2 is 0.479 bits per heavy atom. The van der Waals surface area contributed by atoms with Crippen molar-refractivity contribution >= 4 is 0 Å². The van der Waals surface area contributed by atoms with Crippen LogP contribution in [0.5, 0.6) is 23.0 Å². The van der Waals surface area contributed by atoms with E-state index in [1.165, 1.54) is 11.1 Å². The van der Waals surface area contributed by atoms with Crippen molar-refractivity contribution in [1.82, 2.24) is 44.1 Å². The van der Waals surface area contributed by atoms with Gasteiger partial charge in [-0.25, -0.2) is 0 Å². The molecule has 8 aliphatic heterocycles. The largest absolute Gasteiger partial charge is 0.488 e. The van der Waals surface area contributed by atoms with E-state index in [2.05, 4.69) is 68.4 Å². The van der Waals surface area contributed by atoms with Crippen LogP contribution in [0.1, 0.15) is 22.3 Å². The average Bonchev–Trinajstić information content (AvgIpc) is 1.11. The second-order valence-electron chi connectivity index (χ2n) is 29.6. The minimum Gasteiger partial charge on any atom is -0.488 e. The summed E-state index contributed by atoms with van der Waals surface area (Å²) in [5.41, 5.74) is 4.34. The van der Waals surface area contributed by atoms with Crippen molar-refractivity contribution in [2.24, 2.45) is 0 Å². The molecular formula is C85H147N9O23. The summed E-state index contributed by atoms with van der Waals surface area (Å²) in [4.78, 5) is 21.2. The number of hydrogen-bond donors (Lipinski definition) is 4. The van der Waals surface area contributed by atoms with Crippen LogP contribution in [0.2, 0.25) is 0 Å². The van der Waals surface area contributed by atoms with E-state index in [1.807, 2.05) is 36.4 Å². The lowest BCUT2D eigenvalue weighted by molar-refractivity contribution is -0.0521. The third kappa shape index (κ3) is 45.6. The number of aliphatic hydroxyl groups is 4. The first-order valence-electron chi connectivity index (χ1n) is 43.4. The Kier molecular flexibility index (Phi) is 54.9. The second-order valence-corrected chi connectivity index (χ2v) is 29.6. The summed E-state index contributed by atoms with van der Waals surface area (Å²) in [5, 5.41) is 37.3. The van der Waals surface area contributed by atoms with E-state index in [9.17, 15) is 20.4 Å². The van der Waals surface area contributed by atoms with E-state index in [4.69, 9.17) is 90.0 Å². The van der Waals surface area contributed by atoms with Gasteiger partial charge in [0.05, 0.1) is 205 Å². The van der Waals surface area contributed by atoms with Crippen molar-refractivity contribution in [2.45, 2.75) is 32.1 Å². The van der Waals surface area contributed by atoms with Gasteiger partial charge in [0.2, 0.25) is 0 Å². The van der Waals surface area contributed by atoms with Gasteiger partial charge in [0, 0.05) is 190 Å². The highest BCUT2D eigenvalue weighted by Gasteiger charge is 2.21. The fourth-order valence-corrected chi connectivity index (χ4v) is 13.7. The van der Waals surface area contributed by atoms with E-state index < -0.39 is 0 Å². The molecule has 670 valence electrons. The summed E-state index contributed by atoms with van der Waals surface area (Å²) < 4.78 is 111. The third-order valence-electron chi connectivity index (χ3n) is 21.1. The van der Waals surface area contributed by atoms with Gasteiger partial charge in [0.1, 0.15) is 32.5 Å². The van der Waals surface area contributed by atoms with Crippen LogP contribution in [0.4, 0.5) is 0 Å². The maximum Gasteiger partial charge on any atom is 0.161 e. The molecule has 3 aromatic rings. The van der Waals surface area contributed by atoms with Crippen LogP contribution in [0.25, 0.3) is 0 Å². The van der Waals surface area contributed by atoms with Gasteiger partial charge in [-0.2, -0.15) is 0 Å². The van der Waals surface area contributed by atoms with Gasteiger partial charge in [-0.05, 0) is 59.4 Å². The molecule has 6 fully saturated rings. The Morgan fingerprint density at radius 3 is 0.795 bits per heavy atom. The standard InChI is InChI=1S/C25H43N3O5.C22H36N2O6.C21H34N2O6.C17H34N2O6/c29-14-5-24-1-3-25(4-2-24)23-28-8-6-26-10-15-30-19-21-32-17-12-27(7-9-28)13-18-33-22-20-31-16-11-26;25-10-3-20-1-2-21-22(19-20)30-16-9-24-5-12-26-11-4-23(8-15-29-21)6-13-27-17-18-28-14-7-24;24-18-19-1-2-20-21(17-19)29-14-8-23-4-10-25-9-3-22(7-13-28-20)5-11-26-15-16-27-12-6-23;20-15-17-16-24-11-5-18-1-7-21-8-2-19(6-12-25-17)4-10-23-14-13-22-9-3-18/h1-4,29H,5-23H2;1-2,19,25H,3-18H2;1-2,17,24H,3-16,18H2;17,20H,1-16H2. The molecule has 6 saturated heterocycles. The highest BCUT2D eigenvalue weighted by molar-refractivity contribution is 5.44. The Hall–Kier alpha value is -4.26. The minimum absolute atomic E-state index is 0.0226. The van der Waals surface area contributed by atoms with Crippen molar-refractivity contribution < 1.29 is 110 Å². The van der Waals surface area contributed by atoms with E-state index in [0.717, 1.165) is 199 Å². The van der Waals surface area contributed by atoms with E-state index in [0.29, 0.717) is 242 Å². The summed E-state index contributed by atoms with van der Waals surface area (Å²) in [6, 6.07) is 20.2. The SMILES string of the molecule is OCC1COCCN2CCOCCOCCN(CCOCC2)CCO1.OCCc1ccc(CN2CCN3CCOCCOCCN(CCOCCOCC3)CC2)cc1.OCCc1ccc2c(c1)OCCN1CCOCCOCCN(CCOCC1)CCO2.OCc1ccc2c(c1)OCCN1CCOCCOCCN(CCOCC1)CCO2. The first kappa shape index (κ1) is 98.2. The van der Waals surface area contributed by atoms with Crippen molar-refractivity contribution in [1.29, 1.82) is 0 Å². The molecule has 0 aliphatic carbocycles. The van der Waals surface area contributed by atoms with Crippen LogP contribution in [-0.4, -0.2) is 479 Å². The van der Waals surface area contributed by atoms with Gasteiger partial charge in [-0.3, -0.25) is 44.1 Å².